The van der Waals surface area contributed by atoms with E-state index in [0.717, 1.165) is 0 Å². The van der Waals surface area contributed by atoms with Crippen LogP contribution in [-0.4, -0.2) is 46.9 Å². The summed E-state index contributed by atoms with van der Waals surface area (Å²) in [4.78, 5) is 14.1. The second-order valence-corrected chi connectivity index (χ2v) is 4.07. The minimum Gasteiger partial charge on any atom is -0.395 e. The fourth-order valence-electron chi connectivity index (χ4n) is 1.97. The average Bonchev–Trinajstić information content (AvgIpc) is 2.65. The zero-order valence-electron chi connectivity index (χ0n) is 10.3. The molecule has 1 amide bonds. The number of morpholine rings is 1. The van der Waals surface area contributed by atoms with Gasteiger partial charge in [-0.1, -0.05) is 0 Å². The van der Waals surface area contributed by atoms with E-state index in [1.807, 2.05) is 13.8 Å². The highest BCUT2D eigenvalue weighted by Gasteiger charge is 2.25. The number of carbonyl (C=O) groups is 1. The summed E-state index contributed by atoms with van der Waals surface area (Å²) in [5, 5.41) is 4.26. The Kier molecular flexibility index (Phi) is 3.33. The lowest BCUT2D eigenvalue weighted by molar-refractivity contribution is 0.0295. The summed E-state index contributed by atoms with van der Waals surface area (Å²) >= 11 is 0. The number of hydrogen-bond acceptors (Lipinski definition) is 4. The zero-order chi connectivity index (χ0) is 12.4. The molecule has 17 heavy (non-hydrogen) atoms. The summed E-state index contributed by atoms with van der Waals surface area (Å²) in [6.07, 6.45) is 0. The van der Waals surface area contributed by atoms with Gasteiger partial charge in [0, 0.05) is 19.6 Å². The molecule has 0 spiro atoms. The third-order valence-corrected chi connectivity index (χ3v) is 2.97. The first kappa shape index (κ1) is 11.9. The van der Waals surface area contributed by atoms with E-state index in [0.29, 0.717) is 49.9 Å². The Bertz CT molecular complexity index is 421. The molecule has 0 aliphatic carbocycles. The van der Waals surface area contributed by atoms with Crippen molar-refractivity contribution >= 4 is 11.6 Å². The van der Waals surface area contributed by atoms with Gasteiger partial charge in [-0.15, -0.1) is 0 Å². The van der Waals surface area contributed by atoms with Crippen LogP contribution in [0.2, 0.25) is 0 Å². The molecule has 2 N–H and O–H groups in total. The van der Waals surface area contributed by atoms with Crippen molar-refractivity contribution in [3.63, 3.8) is 0 Å². The summed E-state index contributed by atoms with van der Waals surface area (Å²) in [7, 11) is 0. The van der Waals surface area contributed by atoms with E-state index in [1.165, 1.54) is 0 Å². The predicted molar refractivity (Wildman–Crippen MR) is 63.8 cm³/mol. The van der Waals surface area contributed by atoms with Gasteiger partial charge in [0.25, 0.3) is 5.91 Å². The Balaban J connectivity index is 2.29. The van der Waals surface area contributed by atoms with Crippen molar-refractivity contribution in [2.45, 2.75) is 20.4 Å². The molecule has 1 saturated heterocycles. The largest absolute Gasteiger partial charge is 0.395 e. The van der Waals surface area contributed by atoms with E-state index in [4.69, 9.17) is 10.5 Å². The van der Waals surface area contributed by atoms with Crippen LogP contribution in [0.1, 0.15) is 23.1 Å². The van der Waals surface area contributed by atoms with E-state index < -0.39 is 0 Å². The quantitative estimate of drug-likeness (QED) is 0.802. The van der Waals surface area contributed by atoms with Crippen molar-refractivity contribution in [3.8, 4) is 0 Å². The van der Waals surface area contributed by atoms with Crippen molar-refractivity contribution in [1.29, 1.82) is 0 Å². The van der Waals surface area contributed by atoms with Gasteiger partial charge in [-0.25, -0.2) is 0 Å². The Labute approximate surface area is 100 Å². The lowest BCUT2D eigenvalue weighted by atomic mass is 10.2. The van der Waals surface area contributed by atoms with Crippen LogP contribution in [0.15, 0.2) is 0 Å². The fourth-order valence-corrected chi connectivity index (χ4v) is 1.97. The maximum atomic E-state index is 12.3. The van der Waals surface area contributed by atoms with Crippen LogP contribution in [0.25, 0.3) is 0 Å². The number of carbonyl (C=O) groups excluding carboxylic acids is 1. The first-order valence-electron chi connectivity index (χ1n) is 5.85. The second-order valence-electron chi connectivity index (χ2n) is 4.07. The summed E-state index contributed by atoms with van der Waals surface area (Å²) in [5.41, 5.74) is 7.63. The highest BCUT2D eigenvalue weighted by atomic mass is 16.5. The molecule has 2 rings (SSSR count). The highest BCUT2D eigenvalue weighted by molar-refractivity contribution is 5.98. The third-order valence-electron chi connectivity index (χ3n) is 2.97. The molecule has 0 aromatic carbocycles. The molecule has 1 aliphatic rings. The lowest BCUT2D eigenvalue weighted by Crippen LogP contribution is -2.41. The number of rotatable bonds is 2. The topological polar surface area (TPSA) is 73.4 Å². The van der Waals surface area contributed by atoms with Gasteiger partial charge in [0.2, 0.25) is 0 Å². The lowest BCUT2D eigenvalue weighted by Gasteiger charge is -2.27. The van der Waals surface area contributed by atoms with Crippen LogP contribution >= 0.6 is 0 Å². The molecule has 0 atom stereocenters. The molecule has 2 heterocycles. The molecule has 1 aliphatic heterocycles. The number of nitrogens with zero attached hydrogens (tertiary/aromatic N) is 3. The fraction of sp³-hybridized carbons (Fsp3) is 0.636. The van der Waals surface area contributed by atoms with Crippen LogP contribution in [0.4, 0.5) is 5.69 Å². The summed E-state index contributed by atoms with van der Waals surface area (Å²) in [5.74, 6) is -0.0479. The molecule has 0 bridgehead atoms. The molecule has 1 aromatic heterocycles. The summed E-state index contributed by atoms with van der Waals surface area (Å²) in [6.45, 7) is 6.82. The molecular weight excluding hydrogens is 220 g/mol. The number of amides is 1. The van der Waals surface area contributed by atoms with Crippen LogP contribution in [0.5, 0.6) is 0 Å². The molecule has 0 saturated carbocycles. The van der Waals surface area contributed by atoms with Gasteiger partial charge in [-0.3, -0.25) is 9.48 Å². The van der Waals surface area contributed by atoms with Crippen LogP contribution in [-0.2, 0) is 11.3 Å². The third kappa shape index (κ3) is 2.12. The Hall–Kier alpha value is -1.56. The molecule has 6 heteroatoms. The van der Waals surface area contributed by atoms with E-state index in [1.54, 1.807) is 9.58 Å². The summed E-state index contributed by atoms with van der Waals surface area (Å²) in [6, 6.07) is 0. The van der Waals surface area contributed by atoms with Crippen molar-refractivity contribution in [2.24, 2.45) is 0 Å². The maximum absolute atomic E-state index is 12.3. The van der Waals surface area contributed by atoms with Crippen LogP contribution in [0, 0.1) is 6.92 Å². The number of hydrogen-bond donors (Lipinski definition) is 1. The van der Waals surface area contributed by atoms with Crippen molar-refractivity contribution in [3.05, 3.63) is 11.4 Å². The van der Waals surface area contributed by atoms with E-state index >= 15 is 0 Å². The second kappa shape index (κ2) is 4.75. The molecule has 94 valence electrons. The molecule has 1 fully saturated rings. The number of nitrogens with two attached hydrogens (primary N) is 1. The minimum absolute atomic E-state index is 0.0479. The van der Waals surface area contributed by atoms with Gasteiger partial charge in [0.1, 0.15) is 5.69 Å². The van der Waals surface area contributed by atoms with Crippen molar-refractivity contribution < 1.29 is 9.53 Å². The number of ether oxygens (including phenoxy) is 1. The minimum atomic E-state index is -0.0479. The standard InChI is InChI=1S/C11H18N4O2/c1-3-15-10(9(12)8(2)13-15)11(16)14-4-6-17-7-5-14/h3-7,12H2,1-2H3. The molecular formula is C11H18N4O2. The predicted octanol–water partition coefficient (Wildman–Crippen LogP) is 0.266. The smallest absolute Gasteiger partial charge is 0.274 e. The van der Waals surface area contributed by atoms with E-state index in [9.17, 15) is 4.79 Å². The number of nitrogen functional groups attached to an aromatic ring is 1. The van der Waals surface area contributed by atoms with Gasteiger partial charge in [0.05, 0.1) is 24.6 Å². The van der Waals surface area contributed by atoms with Gasteiger partial charge >= 0.3 is 0 Å². The van der Waals surface area contributed by atoms with Crippen molar-refractivity contribution in [2.75, 3.05) is 32.0 Å². The van der Waals surface area contributed by atoms with E-state index in [-0.39, 0.29) is 5.91 Å². The van der Waals surface area contributed by atoms with Gasteiger partial charge in [-0.05, 0) is 13.8 Å². The highest BCUT2D eigenvalue weighted by Crippen LogP contribution is 2.19. The monoisotopic (exact) mass is 238 g/mol. The van der Waals surface area contributed by atoms with Crippen LogP contribution in [0.3, 0.4) is 0 Å². The normalized spacial score (nSPS) is 16.2. The number of aromatic nitrogens is 2. The van der Waals surface area contributed by atoms with Gasteiger partial charge in [0.15, 0.2) is 0 Å². The molecule has 6 nitrogen and oxygen atoms in total. The van der Waals surface area contributed by atoms with Gasteiger partial charge in [-0.2, -0.15) is 5.10 Å². The molecule has 1 aromatic rings. The first-order chi connectivity index (χ1) is 8.15. The Morgan fingerprint density at radius 1 is 1.47 bits per heavy atom. The number of aryl methyl sites for hydroxylation is 2. The van der Waals surface area contributed by atoms with Crippen molar-refractivity contribution in [1.82, 2.24) is 14.7 Å². The average molecular weight is 238 g/mol. The zero-order valence-corrected chi connectivity index (χ0v) is 10.3. The van der Waals surface area contributed by atoms with Crippen LogP contribution < -0.4 is 5.73 Å². The first-order valence-corrected chi connectivity index (χ1v) is 5.85. The maximum Gasteiger partial charge on any atom is 0.274 e. The van der Waals surface area contributed by atoms with E-state index in [2.05, 4.69) is 5.10 Å². The summed E-state index contributed by atoms with van der Waals surface area (Å²) < 4.78 is 6.90. The molecule has 0 unspecified atom stereocenters. The Morgan fingerprint density at radius 2 is 2.12 bits per heavy atom. The number of anilines is 1. The van der Waals surface area contributed by atoms with Gasteiger partial charge < -0.3 is 15.4 Å². The SMILES string of the molecule is CCn1nc(C)c(N)c1C(=O)N1CCOCC1. The molecule has 0 radical (unpaired) electrons. The Morgan fingerprint density at radius 3 is 2.71 bits per heavy atom.